The average molecular weight is 306 g/mol. The molecule has 0 aliphatic heterocycles. The third-order valence-corrected chi connectivity index (χ3v) is 3.72. The van der Waals surface area contributed by atoms with Crippen LogP contribution in [0.2, 0.25) is 0 Å². The molecule has 0 atom stereocenters. The lowest BCUT2D eigenvalue weighted by Gasteiger charge is -2.29. The van der Waals surface area contributed by atoms with Crippen LogP contribution < -0.4 is 4.90 Å². The van der Waals surface area contributed by atoms with E-state index >= 15 is 0 Å². The average Bonchev–Trinajstić information content (AvgIpc) is 2.29. The Morgan fingerprint density at radius 1 is 1.18 bits per heavy atom. The topological polar surface area (TPSA) is 3.24 Å². The molecule has 0 aliphatic carbocycles. The van der Waals surface area contributed by atoms with Gasteiger partial charge in [-0.05, 0) is 30.5 Å². The molecule has 0 heterocycles. The van der Waals surface area contributed by atoms with Crippen LogP contribution in [-0.2, 0) is 5.33 Å². The molecule has 0 saturated heterocycles. The number of anilines is 1. The Balaban J connectivity index is 3.13. The van der Waals surface area contributed by atoms with Crippen molar-refractivity contribution >= 4 is 21.6 Å². The quantitative estimate of drug-likeness (QED) is 0.725. The molecule has 0 fully saturated rings. The summed E-state index contributed by atoms with van der Waals surface area (Å²) in [4.78, 5) is 1.70. The van der Waals surface area contributed by atoms with Crippen LogP contribution in [0.15, 0.2) is 12.1 Å². The number of hydrogen-bond acceptors (Lipinski definition) is 1. The zero-order chi connectivity index (χ0) is 13.0. The van der Waals surface area contributed by atoms with Crippen molar-refractivity contribution in [3.05, 3.63) is 29.3 Å². The van der Waals surface area contributed by atoms with Gasteiger partial charge in [0, 0.05) is 18.4 Å². The summed E-state index contributed by atoms with van der Waals surface area (Å²) in [5.74, 6) is -0.984. The Morgan fingerprint density at radius 2 is 1.65 bits per heavy atom. The SMILES string of the molecule is CCC(CC)N(C)c1c(F)cc(CBr)cc1F. The first kappa shape index (κ1) is 14.4. The van der Waals surface area contributed by atoms with Gasteiger partial charge in [0.1, 0.15) is 17.3 Å². The van der Waals surface area contributed by atoms with Gasteiger partial charge >= 0.3 is 0 Å². The molecule has 17 heavy (non-hydrogen) atoms. The van der Waals surface area contributed by atoms with Gasteiger partial charge < -0.3 is 4.90 Å². The van der Waals surface area contributed by atoms with Crippen LogP contribution in [-0.4, -0.2) is 13.1 Å². The summed E-state index contributed by atoms with van der Waals surface area (Å²) >= 11 is 3.20. The predicted molar refractivity (Wildman–Crippen MR) is 71.8 cm³/mol. The minimum atomic E-state index is -0.492. The molecule has 0 aromatic heterocycles. The van der Waals surface area contributed by atoms with Crippen LogP contribution in [0.1, 0.15) is 32.3 Å². The van der Waals surface area contributed by atoms with E-state index in [1.807, 2.05) is 13.8 Å². The number of alkyl halides is 1. The standard InChI is InChI=1S/C13H18BrF2N/c1-4-10(5-2)17(3)13-11(15)6-9(8-14)7-12(13)16/h6-7,10H,4-5,8H2,1-3H3. The molecule has 1 aromatic rings. The van der Waals surface area contributed by atoms with Gasteiger partial charge in [-0.1, -0.05) is 29.8 Å². The minimum Gasteiger partial charge on any atom is -0.367 e. The predicted octanol–water partition coefficient (Wildman–Crippen LogP) is 4.48. The molecule has 0 N–H and O–H groups in total. The van der Waals surface area contributed by atoms with Crippen LogP contribution in [0, 0.1) is 11.6 Å². The summed E-state index contributed by atoms with van der Waals surface area (Å²) in [6, 6.07) is 2.92. The molecular formula is C13H18BrF2N. The third kappa shape index (κ3) is 3.18. The summed E-state index contributed by atoms with van der Waals surface area (Å²) < 4.78 is 27.8. The highest BCUT2D eigenvalue weighted by atomic mass is 79.9. The van der Waals surface area contributed by atoms with Crippen molar-refractivity contribution in [2.75, 3.05) is 11.9 Å². The molecule has 0 unspecified atom stereocenters. The Morgan fingerprint density at radius 3 is 2.00 bits per heavy atom. The second-order valence-electron chi connectivity index (χ2n) is 4.12. The van der Waals surface area contributed by atoms with E-state index in [1.165, 1.54) is 12.1 Å². The molecule has 0 bridgehead atoms. The fourth-order valence-corrected chi connectivity index (χ4v) is 2.37. The highest BCUT2D eigenvalue weighted by molar-refractivity contribution is 9.08. The van der Waals surface area contributed by atoms with Crippen LogP contribution >= 0.6 is 15.9 Å². The normalized spacial score (nSPS) is 11.0. The third-order valence-electron chi connectivity index (χ3n) is 3.07. The van der Waals surface area contributed by atoms with E-state index < -0.39 is 11.6 Å². The van der Waals surface area contributed by atoms with Gasteiger partial charge in [0.15, 0.2) is 0 Å². The van der Waals surface area contributed by atoms with Gasteiger partial charge in [0.25, 0.3) is 0 Å². The number of benzene rings is 1. The van der Waals surface area contributed by atoms with Crippen molar-refractivity contribution in [2.24, 2.45) is 0 Å². The van der Waals surface area contributed by atoms with Gasteiger partial charge in [-0.2, -0.15) is 0 Å². The summed E-state index contributed by atoms with van der Waals surface area (Å²) in [5.41, 5.74) is 0.685. The summed E-state index contributed by atoms with van der Waals surface area (Å²) in [7, 11) is 1.74. The van der Waals surface area contributed by atoms with E-state index in [9.17, 15) is 8.78 Å². The molecule has 0 aliphatic rings. The fourth-order valence-electron chi connectivity index (χ4n) is 2.05. The first-order valence-corrected chi connectivity index (χ1v) is 6.93. The van der Waals surface area contributed by atoms with Crippen molar-refractivity contribution in [3.63, 3.8) is 0 Å². The molecule has 1 nitrogen and oxygen atoms in total. The first-order chi connectivity index (χ1) is 8.04. The minimum absolute atomic E-state index is 0.0726. The molecule has 96 valence electrons. The lowest BCUT2D eigenvalue weighted by molar-refractivity contribution is 0.535. The zero-order valence-electron chi connectivity index (χ0n) is 10.4. The fraction of sp³-hybridized carbons (Fsp3) is 0.538. The Labute approximate surface area is 110 Å². The molecule has 4 heteroatoms. The van der Waals surface area contributed by atoms with E-state index in [2.05, 4.69) is 15.9 Å². The largest absolute Gasteiger partial charge is 0.367 e. The maximum Gasteiger partial charge on any atom is 0.149 e. The Kier molecular flexibility index (Phi) is 5.37. The Hall–Kier alpha value is -0.640. The van der Waals surface area contributed by atoms with Crippen LogP contribution in [0.25, 0.3) is 0 Å². The van der Waals surface area contributed by atoms with Crippen molar-refractivity contribution in [1.29, 1.82) is 0 Å². The van der Waals surface area contributed by atoms with Crippen LogP contribution in [0.4, 0.5) is 14.5 Å². The summed E-state index contributed by atoms with van der Waals surface area (Å²) in [6.45, 7) is 4.04. The molecule has 0 saturated carbocycles. The second-order valence-corrected chi connectivity index (χ2v) is 4.68. The lowest BCUT2D eigenvalue weighted by atomic mass is 10.1. The van der Waals surface area contributed by atoms with Crippen molar-refractivity contribution < 1.29 is 8.78 Å². The van der Waals surface area contributed by atoms with E-state index in [4.69, 9.17) is 0 Å². The van der Waals surface area contributed by atoms with E-state index in [1.54, 1.807) is 11.9 Å². The van der Waals surface area contributed by atoms with E-state index in [0.29, 0.717) is 10.9 Å². The zero-order valence-corrected chi connectivity index (χ0v) is 12.0. The van der Waals surface area contributed by atoms with Crippen molar-refractivity contribution in [2.45, 2.75) is 38.1 Å². The maximum absolute atomic E-state index is 13.9. The Bertz CT molecular complexity index is 355. The smallest absolute Gasteiger partial charge is 0.149 e. The van der Waals surface area contributed by atoms with Crippen molar-refractivity contribution in [1.82, 2.24) is 0 Å². The highest BCUT2D eigenvalue weighted by Gasteiger charge is 2.19. The number of rotatable bonds is 5. The molecule has 0 amide bonds. The van der Waals surface area contributed by atoms with Crippen LogP contribution in [0.3, 0.4) is 0 Å². The number of halogens is 3. The molecule has 0 radical (unpaired) electrons. The van der Waals surface area contributed by atoms with Gasteiger partial charge in [-0.3, -0.25) is 0 Å². The van der Waals surface area contributed by atoms with Crippen molar-refractivity contribution in [3.8, 4) is 0 Å². The molecule has 0 spiro atoms. The van der Waals surface area contributed by atoms with Gasteiger partial charge in [0.05, 0.1) is 0 Å². The second kappa shape index (κ2) is 6.34. The molecular weight excluding hydrogens is 288 g/mol. The van der Waals surface area contributed by atoms with Gasteiger partial charge in [0.2, 0.25) is 0 Å². The number of hydrogen-bond donors (Lipinski definition) is 0. The maximum atomic E-state index is 13.9. The van der Waals surface area contributed by atoms with E-state index in [0.717, 1.165) is 12.8 Å². The van der Waals surface area contributed by atoms with Gasteiger partial charge in [-0.25, -0.2) is 8.78 Å². The first-order valence-electron chi connectivity index (χ1n) is 5.81. The van der Waals surface area contributed by atoms with Crippen LogP contribution in [0.5, 0.6) is 0 Å². The lowest BCUT2D eigenvalue weighted by Crippen LogP contribution is -2.31. The van der Waals surface area contributed by atoms with Gasteiger partial charge in [-0.15, -0.1) is 0 Å². The number of nitrogens with zero attached hydrogens (tertiary/aromatic N) is 1. The molecule has 1 aromatic carbocycles. The highest BCUT2D eigenvalue weighted by Crippen LogP contribution is 2.27. The summed E-state index contributed by atoms with van der Waals surface area (Å²) in [6.07, 6.45) is 1.73. The van der Waals surface area contributed by atoms with E-state index in [-0.39, 0.29) is 11.7 Å². The monoisotopic (exact) mass is 305 g/mol. The molecule has 1 rings (SSSR count). The summed E-state index contributed by atoms with van der Waals surface area (Å²) in [5, 5.41) is 0.454.